The predicted octanol–water partition coefficient (Wildman–Crippen LogP) is 0.803. The number of rotatable bonds is 4. The Labute approximate surface area is 67.0 Å². The first-order valence-electron chi connectivity index (χ1n) is 3.48. The topological polar surface area (TPSA) is 60.2 Å². The van der Waals surface area contributed by atoms with Crippen molar-refractivity contribution in [3.8, 4) is 0 Å². The van der Waals surface area contributed by atoms with E-state index in [1.807, 2.05) is 6.92 Å². The average molecular weight is 183 g/mol. The van der Waals surface area contributed by atoms with E-state index < -0.39 is 21.5 Å². The predicted molar refractivity (Wildman–Crippen MR) is 42.4 cm³/mol. The van der Waals surface area contributed by atoms with Gasteiger partial charge in [0.1, 0.15) is 0 Å². The molecule has 0 aliphatic rings. The molecule has 0 heterocycles. The third kappa shape index (κ3) is 6.25. The minimum Gasteiger partial charge on any atom is -0.325 e. The van der Waals surface area contributed by atoms with Gasteiger partial charge in [0.15, 0.2) is 0 Å². The van der Waals surface area contributed by atoms with Crippen molar-refractivity contribution < 1.29 is 12.3 Å². The van der Waals surface area contributed by atoms with Crippen LogP contribution in [0.2, 0.25) is 0 Å². The van der Waals surface area contributed by atoms with Gasteiger partial charge >= 0.3 is 10.2 Å². The molecular weight excluding hydrogens is 169 g/mol. The van der Waals surface area contributed by atoms with Crippen LogP contribution in [0.1, 0.15) is 26.7 Å². The van der Waals surface area contributed by atoms with Gasteiger partial charge in [0.05, 0.1) is 5.75 Å². The zero-order valence-electron chi connectivity index (χ0n) is 6.80. The molecular formula is C6H14FNO2S. The molecule has 0 rings (SSSR count). The van der Waals surface area contributed by atoms with E-state index in [4.69, 9.17) is 5.73 Å². The molecule has 3 nitrogen and oxygen atoms in total. The molecule has 0 aliphatic carbocycles. The molecule has 1 unspecified atom stereocenters. The fraction of sp³-hybridized carbons (Fsp3) is 1.00. The van der Waals surface area contributed by atoms with Crippen molar-refractivity contribution in [2.75, 3.05) is 5.75 Å². The van der Waals surface area contributed by atoms with Gasteiger partial charge in [-0.1, -0.05) is 6.92 Å². The van der Waals surface area contributed by atoms with Gasteiger partial charge in [0.2, 0.25) is 0 Å². The zero-order chi connectivity index (χ0) is 9.12. The summed E-state index contributed by atoms with van der Waals surface area (Å²) in [6.45, 7) is 3.54. The summed E-state index contributed by atoms with van der Waals surface area (Å²) in [4.78, 5) is 0. The van der Waals surface area contributed by atoms with E-state index in [2.05, 4.69) is 0 Å². The lowest BCUT2D eigenvalue weighted by Crippen LogP contribution is -2.36. The van der Waals surface area contributed by atoms with Gasteiger partial charge in [-0.2, -0.15) is 8.42 Å². The molecule has 5 heteroatoms. The molecule has 0 saturated heterocycles. The molecule has 0 saturated carbocycles. The summed E-state index contributed by atoms with van der Waals surface area (Å²) >= 11 is 0. The lowest BCUT2D eigenvalue weighted by atomic mass is 9.98. The molecule has 0 aliphatic heterocycles. The normalized spacial score (nSPS) is 17.8. The summed E-state index contributed by atoms with van der Waals surface area (Å²) in [5.74, 6) is -0.478. The number of nitrogens with two attached hydrogens (primary N) is 1. The third-order valence-electron chi connectivity index (χ3n) is 1.72. The van der Waals surface area contributed by atoms with E-state index >= 15 is 0 Å². The first kappa shape index (κ1) is 10.8. The van der Waals surface area contributed by atoms with Crippen molar-refractivity contribution in [1.82, 2.24) is 0 Å². The minimum atomic E-state index is -4.35. The fourth-order valence-electron chi connectivity index (χ4n) is 0.532. The molecule has 0 bridgehead atoms. The molecule has 0 amide bonds. The Kier molecular flexibility index (Phi) is 3.44. The van der Waals surface area contributed by atoms with E-state index in [1.165, 1.54) is 0 Å². The van der Waals surface area contributed by atoms with Crippen LogP contribution in [-0.2, 0) is 10.2 Å². The van der Waals surface area contributed by atoms with Gasteiger partial charge in [-0.15, -0.1) is 3.89 Å². The van der Waals surface area contributed by atoms with Crippen molar-refractivity contribution >= 4 is 10.2 Å². The second-order valence-corrected chi connectivity index (χ2v) is 4.49. The summed E-state index contributed by atoms with van der Waals surface area (Å²) in [7, 11) is -4.35. The molecule has 2 N–H and O–H groups in total. The van der Waals surface area contributed by atoms with Crippen LogP contribution in [0.4, 0.5) is 3.89 Å². The van der Waals surface area contributed by atoms with Crippen molar-refractivity contribution in [2.45, 2.75) is 32.2 Å². The summed E-state index contributed by atoms with van der Waals surface area (Å²) in [5.41, 5.74) is 5.02. The van der Waals surface area contributed by atoms with Crippen LogP contribution in [0.3, 0.4) is 0 Å². The molecule has 0 aromatic carbocycles. The fourth-order valence-corrected chi connectivity index (χ4v) is 1.24. The van der Waals surface area contributed by atoms with E-state index in [0.717, 1.165) is 0 Å². The van der Waals surface area contributed by atoms with Crippen LogP contribution in [0, 0.1) is 0 Å². The van der Waals surface area contributed by atoms with Gasteiger partial charge in [0.25, 0.3) is 0 Å². The van der Waals surface area contributed by atoms with E-state index in [9.17, 15) is 12.3 Å². The molecule has 0 fully saturated rings. The number of hydrogen-bond acceptors (Lipinski definition) is 3. The molecule has 1 atom stereocenters. The quantitative estimate of drug-likeness (QED) is 0.656. The lowest BCUT2D eigenvalue weighted by molar-refractivity contribution is 0.432. The van der Waals surface area contributed by atoms with Crippen LogP contribution >= 0.6 is 0 Å². The van der Waals surface area contributed by atoms with Crippen molar-refractivity contribution in [3.05, 3.63) is 0 Å². The molecule has 0 aromatic rings. The van der Waals surface area contributed by atoms with Gasteiger partial charge in [-0.3, -0.25) is 0 Å². The Hall–Kier alpha value is -0.160. The van der Waals surface area contributed by atoms with Crippen molar-refractivity contribution in [1.29, 1.82) is 0 Å². The molecule has 11 heavy (non-hydrogen) atoms. The highest BCUT2D eigenvalue weighted by atomic mass is 32.3. The Morgan fingerprint density at radius 2 is 2.00 bits per heavy atom. The highest BCUT2D eigenvalue weighted by Gasteiger charge is 2.19. The maximum absolute atomic E-state index is 12.0. The van der Waals surface area contributed by atoms with Crippen LogP contribution < -0.4 is 5.73 Å². The monoisotopic (exact) mass is 183 g/mol. The SMILES string of the molecule is CCC(C)(N)CCS(=O)(=O)F. The Balaban J connectivity index is 3.90. The minimum absolute atomic E-state index is 0.169. The number of hydrogen-bond donors (Lipinski definition) is 1. The summed E-state index contributed by atoms with van der Waals surface area (Å²) in [6, 6.07) is 0. The van der Waals surface area contributed by atoms with Gasteiger partial charge in [-0.25, -0.2) is 0 Å². The second kappa shape index (κ2) is 3.49. The Morgan fingerprint density at radius 3 is 2.27 bits per heavy atom. The summed E-state index contributed by atoms with van der Waals surface area (Å²) < 4.78 is 32.1. The van der Waals surface area contributed by atoms with Crippen LogP contribution in [0.15, 0.2) is 0 Å². The largest absolute Gasteiger partial charge is 0.325 e. The first-order valence-corrected chi connectivity index (χ1v) is 5.03. The van der Waals surface area contributed by atoms with E-state index in [-0.39, 0.29) is 6.42 Å². The molecule has 0 spiro atoms. The highest BCUT2D eigenvalue weighted by Crippen LogP contribution is 2.11. The van der Waals surface area contributed by atoms with Gasteiger partial charge < -0.3 is 5.73 Å². The van der Waals surface area contributed by atoms with Crippen molar-refractivity contribution in [3.63, 3.8) is 0 Å². The maximum Gasteiger partial charge on any atom is 0.302 e. The van der Waals surface area contributed by atoms with Gasteiger partial charge in [-0.05, 0) is 19.8 Å². The third-order valence-corrected chi connectivity index (χ3v) is 2.42. The van der Waals surface area contributed by atoms with E-state index in [0.29, 0.717) is 6.42 Å². The summed E-state index contributed by atoms with van der Waals surface area (Å²) in [6.07, 6.45) is 0.810. The molecule has 0 aromatic heterocycles. The Morgan fingerprint density at radius 1 is 1.55 bits per heavy atom. The summed E-state index contributed by atoms with van der Waals surface area (Å²) in [5, 5.41) is 0. The molecule has 0 radical (unpaired) electrons. The van der Waals surface area contributed by atoms with E-state index in [1.54, 1.807) is 6.92 Å². The smallest absolute Gasteiger partial charge is 0.302 e. The first-order chi connectivity index (χ1) is 4.77. The van der Waals surface area contributed by atoms with Crippen molar-refractivity contribution in [2.24, 2.45) is 5.73 Å². The van der Waals surface area contributed by atoms with Gasteiger partial charge in [0, 0.05) is 5.54 Å². The highest BCUT2D eigenvalue weighted by molar-refractivity contribution is 7.86. The standard InChI is InChI=1S/C6H14FNO2S/c1-3-6(2,8)4-5-11(7,9)10/h3-5,8H2,1-2H3. The average Bonchev–Trinajstić information content (AvgIpc) is 1.83. The van der Waals surface area contributed by atoms with Crippen LogP contribution in [0.5, 0.6) is 0 Å². The molecule has 68 valence electrons. The number of halogens is 1. The Bertz CT molecular complexity index is 211. The maximum atomic E-state index is 12.0. The van der Waals surface area contributed by atoms with Crippen LogP contribution in [-0.4, -0.2) is 19.7 Å². The zero-order valence-corrected chi connectivity index (χ0v) is 7.62. The van der Waals surface area contributed by atoms with Crippen LogP contribution in [0.25, 0.3) is 0 Å². The lowest BCUT2D eigenvalue weighted by Gasteiger charge is -2.20. The second-order valence-electron chi connectivity index (χ2n) is 3.00.